The van der Waals surface area contributed by atoms with Gasteiger partial charge in [0.1, 0.15) is 0 Å². The monoisotopic (exact) mass is 250 g/mol. The molecule has 1 amide bonds. The Hall–Kier alpha value is -1.39. The average Bonchev–Trinajstić information content (AvgIpc) is 2.57. The summed E-state index contributed by atoms with van der Waals surface area (Å²) >= 11 is 0. The Morgan fingerprint density at radius 2 is 2.22 bits per heavy atom. The third-order valence-electron chi connectivity index (χ3n) is 3.71. The van der Waals surface area contributed by atoms with Gasteiger partial charge in [0.15, 0.2) is 0 Å². The fourth-order valence-electron chi connectivity index (χ4n) is 2.53. The molecule has 0 bridgehead atoms. The van der Waals surface area contributed by atoms with Crippen LogP contribution in [0.5, 0.6) is 0 Å². The van der Waals surface area contributed by atoms with Gasteiger partial charge in [0.25, 0.3) is 0 Å². The number of primary amides is 1. The molecule has 0 saturated heterocycles. The quantitative estimate of drug-likeness (QED) is 0.833. The molecule has 5 nitrogen and oxygen atoms in total. The molecule has 1 saturated carbocycles. The predicted octanol–water partition coefficient (Wildman–Crippen LogP) is 1.62. The SMILES string of the molecule is CC(C)c1c(CC(N)=O)nnn1CCC1CCC1. The van der Waals surface area contributed by atoms with Gasteiger partial charge in [0, 0.05) is 6.54 Å². The maximum absolute atomic E-state index is 11.0. The lowest BCUT2D eigenvalue weighted by Gasteiger charge is -2.25. The van der Waals surface area contributed by atoms with Gasteiger partial charge in [-0.1, -0.05) is 38.3 Å². The number of carbonyl (C=O) groups is 1. The van der Waals surface area contributed by atoms with Crippen LogP contribution in [0.1, 0.15) is 56.8 Å². The van der Waals surface area contributed by atoms with E-state index in [1.807, 2.05) is 4.68 Å². The molecule has 1 aromatic rings. The van der Waals surface area contributed by atoms with Crippen molar-refractivity contribution in [3.8, 4) is 0 Å². The Bertz CT molecular complexity index is 421. The fourth-order valence-corrected chi connectivity index (χ4v) is 2.53. The molecule has 100 valence electrons. The van der Waals surface area contributed by atoms with Gasteiger partial charge in [-0.05, 0) is 18.3 Å². The molecule has 5 heteroatoms. The van der Waals surface area contributed by atoms with E-state index in [-0.39, 0.29) is 12.3 Å². The van der Waals surface area contributed by atoms with Crippen molar-refractivity contribution in [2.75, 3.05) is 0 Å². The van der Waals surface area contributed by atoms with E-state index in [2.05, 4.69) is 24.2 Å². The molecule has 0 unspecified atom stereocenters. The van der Waals surface area contributed by atoms with Crippen molar-refractivity contribution in [3.63, 3.8) is 0 Å². The standard InChI is InChI=1S/C13H22N4O/c1-9(2)13-11(8-12(14)18)15-16-17(13)7-6-10-4-3-5-10/h9-10H,3-8H2,1-2H3,(H2,14,18). The maximum atomic E-state index is 11.0. The summed E-state index contributed by atoms with van der Waals surface area (Å²) in [5.41, 5.74) is 7.04. The fraction of sp³-hybridized carbons (Fsp3) is 0.769. The van der Waals surface area contributed by atoms with Crippen molar-refractivity contribution in [3.05, 3.63) is 11.4 Å². The van der Waals surface area contributed by atoms with E-state index >= 15 is 0 Å². The summed E-state index contributed by atoms with van der Waals surface area (Å²) in [7, 11) is 0. The van der Waals surface area contributed by atoms with Gasteiger partial charge >= 0.3 is 0 Å². The average molecular weight is 250 g/mol. The Kier molecular flexibility index (Phi) is 3.99. The predicted molar refractivity (Wildman–Crippen MR) is 69.0 cm³/mol. The summed E-state index contributed by atoms with van der Waals surface area (Å²) in [6.07, 6.45) is 5.42. The molecule has 1 aromatic heterocycles. The smallest absolute Gasteiger partial charge is 0.223 e. The van der Waals surface area contributed by atoms with Gasteiger partial charge in [0.05, 0.1) is 17.8 Å². The van der Waals surface area contributed by atoms with Gasteiger partial charge in [-0.15, -0.1) is 5.10 Å². The molecule has 18 heavy (non-hydrogen) atoms. The van der Waals surface area contributed by atoms with Crippen LogP contribution in [0, 0.1) is 5.92 Å². The molecule has 0 radical (unpaired) electrons. The van der Waals surface area contributed by atoms with Crippen LogP contribution in [0.25, 0.3) is 0 Å². The zero-order valence-corrected chi connectivity index (χ0v) is 11.2. The third-order valence-corrected chi connectivity index (χ3v) is 3.71. The molecule has 2 N–H and O–H groups in total. The number of hydrogen-bond acceptors (Lipinski definition) is 3. The summed E-state index contributed by atoms with van der Waals surface area (Å²) in [5.74, 6) is 0.826. The summed E-state index contributed by atoms with van der Waals surface area (Å²) < 4.78 is 1.96. The highest BCUT2D eigenvalue weighted by Gasteiger charge is 2.21. The largest absolute Gasteiger partial charge is 0.369 e. The van der Waals surface area contributed by atoms with Crippen LogP contribution >= 0.6 is 0 Å². The first-order valence-corrected chi connectivity index (χ1v) is 6.78. The van der Waals surface area contributed by atoms with E-state index in [9.17, 15) is 4.79 Å². The summed E-state index contributed by atoms with van der Waals surface area (Å²) in [6, 6.07) is 0. The first-order valence-electron chi connectivity index (χ1n) is 6.78. The molecule has 1 aliphatic rings. The van der Waals surface area contributed by atoms with E-state index < -0.39 is 0 Å². The number of hydrogen-bond donors (Lipinski definition) is 1. The van der Waals surface area contributed by atoms with Crippen molar-refractivity contribution in [2.45, 2.75) is 58.4 Å². The molecule has 0 aromatic carbocycles. The molecular weight excluding hydrogens is 228 g/mol. The Labute approximate surface area is 108 Å². The second-order valence-corrected chi connectivity index (χ2v) is 5.53. The Morgan fingerprint density at radius 3 is 2.72 bits per heavy atom. The van der Waals surface area contributed by atoms with Crippen LogP contribution in [-0.2, 0) is 17.8 Å². The summed E-state index contributed by atoms with van der Waals surface area (Å²) in [4.78, 5) is 11.0. The number of nitrogens with two attached hydrogens (primary N) is 1. The number of nitrogens with zero attached hydrogens (tertiary/aromatic N) is 3. The molecule has 0 spiro atoms. The van der Waals surface area contributed by atoms with Gasteiger partial charge in [-0.3, -0.25) is 4.79 Å². The molecule has 0 atom stereocenters. The third kappa shape index (κ3) is 2.89. The number of amides is 1. The Balaban J connectivity index is 2.07. The van der Waals surface area contributed by atoms with Crippen LogP contribution in [0.15, 0.2) is 0 Å². The molecule has 2 rings (SSSR count). The zero-order valence-electron chi connectivity index (χ0n) is 11.2. The molecule has 1 aliphatic carbocycles. The van der Waals surface area contributed by atoms with Crippen LogP contribution in [0.4, 0.5) is 0 Å². The number of aryl methyl sites for hydroxylation is 1. The highest BCUT2D eigenvalue weighted by Crippen LogP contribution is 2.30. The topological polar surface area (TPSA) is 73.8 Å². The molecule has 1 heterocycles. The number of rotatable bonds is 6. The van der Waals surface area contributed by atoms with Crippen molar-refractivity contribution in [2.24, 2.45) is 11.7 Å². The lowest BCUT2D eigenvalue weighted by atomic mass is 9.83. The molecule has 0 aliphatic heterocycles. The van der Waals surface area contributed by atoms with E-state index in [1.165, 1.54) is 25.7 Å². The highest BCUT2D eigenvalue weighted by atomic mass is 16.1. The van der Waals surface area contributed by atoms with Crippen LogP contribution in [0.2, 0.25) is 0 Å². The van der Waals surface area contributed by atoms with Crippen LogP contribution in [0.3, 0.4) is 0 Å². The van der Waals surface area contributed by atoms with E-state index in [0.29, 0.717) is 5.92 Å². The van der Waals surface area contributed by atoms with Crippen molar-refractivity contribution in [1.29, 1.82) is 0 Å². The second kappa shape index (κ2) is 5.50. The summed E-state index contributed by atoms with van der Waals surface area (Å²) in [6.45, 7) is 5.11. The van der Waals surface area contributed by atoms with E-state index in [1.54, 1.807) is 0 Å². The van der Waals surface area contributed by atoms with Gasteiger partial charge in [-0.2, -0.15) is 0 Å². The maximum Gasteiger partial charge on any atom is 0.223 e. The molecule has 1 fully saturated rings. The van der Waals surface area contributed by atoms with E-state index in [4.69, 9.17) is 5.73 Å². The van der Waals surface area contributed by atoms with E-state index in [0.717, 1.165) is 23.9 Å². The number of carbonyl (C=O) groups excluding carboxylic acids is 1. The normalized spacial score (nSPS) is 15.9. The summed E-state index contributed by atoms with van der Waals surface area (Å²) in [5, 5.41) is 8.29. The number of aromatic nitrogens is 3. The lowest BCUT2D eigenvalue weighted by Crippen LogP contribution is -2.18. The van der Waals surface area contributed by atoms with Crippen molar-refractivity contribution >= 4 is 5.91 Å². The van der Waals surface area contributed by atoms with Gasteiger partial charge in [0.2, 0.25) is 5.91 Å². The second-order valence-electron chi connectivity index (χ2n) is 5.53. The van der Waals surface area contributed by atoms with Crippen LogP contribution in [-0.4, -0.2) is 20.9 Å². The molecular formula is C13H22N4O. The first kappa shape index (κ1) is 13.1. The first-order chi connectivity index (χ1) is 8.58. The minimum Gasteiger partial charge on any atom is -0.369 e. The highest BCUT2D eigenvalue weighted by molar-refractivity contribution is 5.76. The van der Waals surface area contributed by atoms with Crippen LogP contribution < -0.4 is 5.73 Å². The zero-order chi connectivity index (χ0) is 13.1. The Morgan fingerprint density at radius 1 is 1.50 bits per heavy atom. The van der Waals surface area contributed by atoms with Crippen molar-refractivity contribution in [1.82, 2.24) is 15.0 Å². The lowest BCUT2D eigenvalue weighted by molar-refractivity contribution is -0.117. The van der Waals surface area contributed by atoms with Gasteiger partial charge in [-0.25, -0.2) is 4.68 Å². The minimum absolute atomic E-state index is 0.191. The van der Waals surface area contributed by atoms with Crippen molar-refractivity contribution < 1.29 is 4.79 Å². The minimum atomic E-state index is -0.344. The van der Waals surface area contributed by atoms with Gasteiger partial charge < -0.3 is 5.73 Å².